The van der Waals surface area contributed by atoms with E-state index in [0.717, 1.165) is 5.75 Å². The Morgan fingerprint density at radius 3 is 2.76 bits per heavy atom. The lowest BCUT2D eigenvalue weighted by Gasteiger charge is -2.13. The van der Waals surface area contributed by atoms with Gasteiger partial charge in [-0.05, 0) is 37.3 Å². The molecule has 2 heteroatoms. The summed E-state index contributed by atoms with van der Waals surface area (Å²) in [5.74, 6) is 1.42. The topological polar surface area (TPSA) is 9.23 Å². The minimum Gasteiger partial charge on any atom is -0.485 e. The smallest absolute Gasteiger partial charge is 0.128 e. The molecule has 0 bridgehead atoms. The van der Waals surface area contributed by atoms with Gasteiger partial charge in [-0.3, -0.25) is 0 Å². The molecule has 21 heavy (non-hydrogen) atoms. The molecule has 3 aromatic rings. The lowest BCUT2D eigenvalue weighted by molar-refractivity contribution is 0.269. The number of aryl methyl sites for hydroxylation is 1. The van der Waals surface area contributed by atoms with Gasteiger partial charge in [-0.25, -0.2) is 0 Å². The number of hydrogen-bond acceptors (Lipinski definition) is 2. The fourth-order valence-electron chi connectivity index (χ4n) is 3.42. The predicted molar refractivity (Wildman–Crippen MR) is 89.5 cm³/mol. The molecular weight excluding hydrogens is 276 g/mol. The van der Waals surface area contributed by atoms with E-state index >= 15 is 0 Å². The van der Waals surface area contributed by atoms with Gasteiger partial charge >= 0.3 is 0 Å². The molecule has 0 spiro atoms. The molecule has 1 aliphatic carbocycles. The number of thiophene rings is 1. The Balaban J connectivity index is 1.82. The zero-order valence-corrected chi connectivity index (χ0v) is 12.5. The molecule has 5 rings (SSSR count). The van der Waals surface area contributed by atoms with Crippen molar-refractivity contribution >= 4 is 31.5 Å². The molecule has 0 amide bonds. The monoisotopic (exact) mass is 290 g/mol. The average Bonchev–Trinajstić information content (AvgIpc) is 3.02. The molecule has 0 radical (unpaired) electrons. The van der Waals surface area contributed by atoms with Crippen LogP contribution in [0, 0.1) is 6.92 Å². The Kier molecular flexibility index (Phi) is 2.20. The zero-order chi connectivity index (χ0) is 14.0. The second-order valence-corrected chi connectivity index (χ2v) is 6.95. The molecule has 2 heterocycles. The summed E-state index contributed by atoms with van der Waals surface area (Å²) < 4.78 is 8.78. The van der Waals surface area contributed by atoms with Crippen LogP contribution in [0.25, 0.3) is 20.2 Å². The molecule has 0 saturated heterocycles. The van der Waals surface area contributed by atoms with Gasteiger partial charge in [-0.15, -0.1) is 11.3 Å². The molecule has 1 aliphatic heterocycles. The molecule has 1 nitrogen and oxygen atoms in total. The van der Waals surface area contributed by atoms with Crippen LogP contribution in [0.1, 0.15) is 17.0 Å². The fourth-order valence-corrected chi connectivity index (χ4v) is 4.52. The minimum atomic E-state index is 0.175. The lowest BCUT2D eigenvalue weighted by Crippen LogP contribution is -2.15. The van der Waals surface area contributed by atoms with Crippen LogP contribution in [0.4, 0.5) is 0 Å². The highest BCUT2D eigenvalue weighted by Gasteiger charge is 2.32. The van der Waals surface area contributed by atoms with Gasteiger partial charge in [0, 0.05) is 31.7 Å². The van der Waals surface area contributed by atoms with Crippen molar-refractivity contribution in [3.63, 3.8) is 0 Å². The maximum atomic E-state index is 6.11. The van der Waals surface area contributed by atoms with E-state index in [4.69, 9.17) is 4.74 Å². The highest BCUT2D eigenvalue weighted by molar-refractivity contribution is 7.25. The number of benzene rings is 2. The Hall–Kier alpha value is -2.06. The molecule has 2 aliphatic rings. The van der Waals surface area contributed by atoms with Gasteiger partial charge in [0.2, 0.25) is 0 Å². The largest absolute Gasteiger partial charge is 0.485 e. The van der Waals surface area contributed by atoms with Crippen LogP contribution in [-0.2, 0) is 0 Å². The van der Waals surface area contributed by atoms with Crippen LogP contribution in [0.3, 0.4) is 0 Å². The first-order valence-electron chi connectivity index (χ1n) is 7.28. The van der Waals surface area contributed by atoms with Crippen molar-refractivity contribution in [2.45, 2.75) is 18.9 Å². The highest BCUT2D eigenvalue weighted by atomic mass is 32.1. The van der Waals surface area contributed by atoms with Crippen molar-refractivity contribution in [3.8, 4) is 5.75 Å². The van der Waals surface area contributed by atoms with E-state index in [1.807, 2.05) is 11.3 Å². The third-order valence-electron chi connectivity index (χ3n) is 4.46. The standard InChI is InChI=1S/C19H14OS/c1-11-6-7-18-14(8-11)15-9-13-12-4-2-3-5-16(12)20-17(13)10-19(15)21-18/h2-10,12,16H,1H3. The van der Waals surface area contributed by atoms with Gasteiger partial charge in [0.15, 0.2) is 0 Å². The van der Waals surface area contributed by atoms with Gasteiger partial charge in [0.05, 0.1) is 0 Å². The van der Waals surface area contributed by atoms with Crippen LogP contribution < -0.4 is 4.74 Å². The van der Waals surface area contributed by atoms with E-state index in [1.165, 1.54) is 31.3 Å². The second kappa shape index (κ2) is 3.99. The molecule has 2 unspecified atom stereocenters. The van der Waals surface area contributed by atoms with E-state index in [0.29, 0.717) is 5.92 Å². The van der Waals surface area contributed by atoms with Crippen molar-refractivity contribution < 1.29 is 4.74 Å². The van der Waals surface area contributed by atoms with Crippen molar-refractivity contribution in [1.29, 1.82) is 0 Å². The Morgan fingerprint density at radius 1 is 0.952 bits per heavy atom. The van der Waals surface area contributed by atoms with Crippen molar-refractivity contribution in [2.24, 2.45) is 0 Å². The summed E-state index contributed by atoms with van der Waals surface area (Å²) in [5, 5.41) is 2.74. The zero-order valence-electron chi connectivity index (χ0n) is 11.7. The van der Waals surface area contributed by atoms with E-state index in [2.05, 4.69) is 61.6 Å². The first-order valence-corrected chi connectivity index (χ1v) is 8.10. The molecule has 102 valence electrons. The molecule has 2 atom stereocenters. The van der Waals surface area contributed by atoms with E-state index in [-0.39, 0.29) is 6.10 Å². The quantitative estimate of drug-likeness (QED) is 0.543. The average molecular weight is 290 g/mol. The van der Waals surface area contributed by atoms with Crippen LogP contribution in [0.5, 0.6) is 5.75 Å². The summed E-state index contributed by atoms with van der Waals surface area (Å²) in [6, 6.07) is 11.3. The van der Waals surface area contributed by atoms with Crippen molar-refractivity contribution in [2.75, 3.05) is 0 Å². The van der Waals surface area contributed by atoms with E-state index in [9.17, 15) is 0 Å². The third-order valence-corrected chi connectivity index (χ3v) is 5.60. The van der Waals surface area contributed by atoms with Crippen LogP contribution >= 0.6 is 11.3 Å². The molecule has 1 aromatic heterocycles. The second-order valence-electron chi connectivity index (χ2n) is 5.87. The van der Waals surface area contributed by atoms with Gasteiger partial charge in [0.1, 0.15) is 11.9 Å². The SMILES string of the molecule is Cc1ccc2sc3cc4c(cc3c2c1)C1C=CC=CC1O4. The first-order chi connectivity index (χ1) is 10.3. The van der Waals surface area contributed by atoms with Crippen LogP contribution in [0.15, 0.2) is 54.6 Å². The van der Waals surface area contributed by atoms with Crippen LogP contribution in [0.2, 0.25) is 0 Å². The van der Waals surface area contributed by atoms with Crippen molar-refractivity contribution in [3.05, 3.63) is 65.8 Å². The lowest BCUT2D eigenvalue weighted by atomic mass is 9.91. The Labute approximate surface area is 127 Å². The number of ether oxygens (including phenoxy) is 1. The first kappa shape index (κ1) is 11.6. The fraction of sp³-hybridized carbons (Fsp3) is 0.158. The maximum absolute atomic E-state index is 6.11. The summed E-state index contributed by atoms with van der Waals surface area (Å²) in [4.78, 5) is 0. The maximum Gasteiger partial charge on any atom is 0.128 e. The summed E-state index contributed by atoms with van der Waals surface area (Å²) in [5.41, 5.74) is 2.65. The predicted octanol–water partition coefficient (Wildman–Crippen LogP) is 5.33. The molecule has 0 fully saturated rings. The van der Waals surface area contributed by atoms with E-state index in [1.54, 1.807) is 0 Å². The summed E-state index contributed by atoms with van der Waals surface area (Å²) in [7, 11) is 0. The van der Waals surface area contributed by atoms with Gasteiger partial charge in [-0.1, -0.05) is 29.9 Å². The molecule has 0 N–H and O–H groups in total. The van der Waals surface area contributed by atoms with Gasteiger partial charge in [-0.2, -0.15) is 0 Å². The molecule has 2 aromatic carbocycles. The Morgan fingerprint density at radius 2 is 1.81 bits per heavy atom. The highest BCUT2D eigenvalue weighted by Crippen LogP contribution is 2.46. The summed E-state index contributed by atoms with van der Waals surface area (Å²) in [6.07, 6.45) is 8.78. The Bertz CT molecular complexity index is 945. The minimum absolute atomic E-state index is 0.175. The van der Waals surface area contributed by atoms with Crippen LogP contribution in [-0.4, -0.2) is 6.10 Å². The number of hydrogen-bond donors (Lipinski definition) is 0. The van der Waals surface area contributed by atoms with Crippen molar-refractivity contribution in [1.82, 2.24) is 0 Å². The summed E-state index contributed by atoms with van der Waals surface area (Å²) in [6.45, 7) is 2.16. The number of allylic oxidation sites excluding steroid dienone is 2. The number of rotatable bonds is 0. The third kappa shape index (κ3) is 1.57. The van der Waals surface area contributed by atoms with Gasteiger partial charge < -0.3 is 4.74 Å². The van der Waals surface area contributed by atoms with Gasteiger partial charge in [0.25, 0.3) is 0 Å². The van der Waals surface area contributed by atoms with E-state index < -0.39 is 0 Å². The molecular formula is C19H14OS. The number of fused-ring (bicyclic) bond motifs is 6. The normalized spacial score (nSPS) is 22.5. The summed E-state index contributed by atoms with van der Waals surface area (Å²) >= 11 is 1.85. The molecule has 0 saturated carbocycles.